The maximum Gasteiger partial charge on any atom is 0.193 e. The predicted octanol–water partition coefficient (Wildman–Crippen LogP) is 8.26. The summed E-state index contributed by atoms with van der Waals surface area (Å²) in [6.45, 7) is 9.47. The van der Waals surface area contributed by atoms with Gasteiger partial charge in [-0.05, 0) is 92.8 Å². The average Bonchev–Trinajstić information content (AvgIpc) is 3.71. The summed E-state index contributed by atoms with van der Waals surface area (Å²) in [4.78, 5) is 22.1. The molecule has 3 unspecified atom stereocenters. The largest absolute Gasteiger partial charge is 0.390 e. The Morgan fingerprint density at radius 1 is 1.29 bits per heavy atom. The number of carbonyl (C=O) groups is 1. The summed E-state index contributed by atoms with van der Waals surface area (Å²) in [7, 11) is 0. The van der Waals surface area contributed by atoms with E-state index >= 15 is 4.39 Å². The van der Waals surface area contributed by atoms with E-state index in [-0.39, 0.29) is 12.0 Å². The minimum Gasteiger partial charge on any atom is -0.390 e. The number of halogens is 3. The van der Waals surface area contributed by atoms with Crippen molar-refractivity contribution in [2.75, 3.05) is 17.2 Å². The standard InChI is InChI=1S/C35H43ClF2N4O3/c1-6-19(4)32(44)27(38)16-21(7-2)23-15-22-11-12-28(31(22)26(37)17-23)39-34-25(36)14-20(5)33(41-34)40-30(8-3)42-35-13-9-10-24(35)29(43)18-45-35/h7,14-17,19,24,28-29,43H,6,8-13,18H2,1-5H3,(H2,39,40,41,42)/b21-7+,27-16+/t19?,24-,28?,29?,35-/m1/s1. The normalized spacial score (nSPS) is 25.7. The molecule has 1 saturated heterocycles. The molecule has 3 N–H and O–H groups in total. The SMILES string of the molecule is C/C=C(\C=C(\F)C(=O)C(C)CC)c1cc(F)c2c(c1)CCC2Nc1nc(N/C(CC)=N\[C@@]23CCC[C@@H]2C(O)CO3)c(C)cc1Cl. The van der Waals surface area contributed by atoms with Gasteiger partial charge in [0.1, 0.15) is 23.3 Å². The van der Waals surface area contributed by atoms with E-state index in [0.717, 1.165) is 30.4 Å². The molecule has 2 fully saturated rings. The molecule has 5 rings (SSSR count). The summed E-state index contributed by atoms with van der Waals surface area (Å²) in [5.41, 5.74) is 2.44. The van der Waals surface area contributed by atoms with Crippen molar-refractivity contribution in [2.24, 2.45) is 16.8 Å². The third-order valence-corrected chi connectivity index (χ3v) is 9.77. The molecule has 1 aromatic heterocycles. The number of aliphatic hydroxyl groups is 1. The van der Waals surface area contributed by atoms with Gasteiger partial charge in [-0.2, -0.15) is 0 Å². The second-order valence-corrected chi connectivity index (χ2v) is 12.8. The molecular weight excluding hydrogens is 598 g/mol. The molecule has 7 nitrogen and oxygen atoms in total. The van der Waals surface area contributed by atoms with Crippen LogP contribution in [0.25, 0.3) is 5.57 Å². The van der Waals surface area contributed by atoms with Crippen molar-refractivity contribution in [2.45, 2.75) is 97.4 Å². The molecule has 0 bridgehead atoms. The van der Waals surface area contributed by atoms with Crippen LogP contribution in [0.1, 0.15) is 94.5 Å². The van der Waals surface area contributed by atoms with Crippen LogP contribution in [0.4, 0.5) is 20.4 Å². The lowest BCUT2D eigenvalue weighted by Gasteiger charge is -2.26. The van der Waals surface area contributed by atoms with Gasteiger partial charge in [0.25, 0.3) is 0 Å². The number of aryl methyl sites for hydroxylation is 2. The Morgan fingerprint density at radius 3 is 2.78 bits per heavy atom. The zero-order valence-electron chi connectivity index (χ0n) is 26.6. The summed E-state index contributed by atoms with van der Waals surface area (Å²) in [6, 6.07) is 4.71. The van der Waals surface area contributed by atoms with Crippen molar-refractivity contribution in [3.8, 4) is 0 Å². The smallest absolute Gasteiger partial charge is 0.193 e. The van der Waals surface area contributed by atoms with Gasteiger partial charge in [-0.15, -0.1) is 0 Å². The Hall–Kier alpha value is -3.14. The number of carbonyl (C=O) groups excluding carboxylic acids is 1. The minimum absolute atomic E-state index is 0.0126. The van der Waals surface area contributed by atoms with Crippen molar-refractivity contribution in [3.63, 3.8) is 0 Å². The number of anilines is 2. The highest BCUT2D eigenvalue weighted by Gasteiger charge is 2.52. The number of ketones is 1. The van der Waals surface area contributed by atoms with Crippen molar-refractivity contribution in [1.29, 1.82) is 0 Å². The average molecular weight is 641 g/mol. The maximum absolute atomic E-state index is 15.7. The molecule has 0 spiro atoms. The lowest BCUT2D eigenvalue weighted by Crippen LogP contribution is -2.33. The third-order valence-electron chi connectivity index (χ3n) is 9.49. The number of pyridine rings is 1. The second kappa shape index (κ2) is 13.7. The summed E-state index contributed by atoms with van der Waals surface area (Å²) >= 11 is 6.63. The van der Waals surface area contributed by atoms with Crippen LogP contribution in [0.15, 0.2) is 41.2 Å². The van der Waals surface area contributed by atoms with E-state index in [9.17, 15) is 14.3 Å². The maximum atomic E-state index is 15.7. The Kier molecular flexibility index (Phi) is 10.1. The number of amidine groups is 1. The summed E-state index contributed by atoms with van der Waals surface area (Å²) < 4.78 is 36.5. The first-order valence-electron chi connectivity index (χ1n) is 16.0. The highest BCUT2D eigenvalue weighted by atomic mass is 35.5. The van der Waals surface area contributed by atoms with E-state index in [0.29, 0.717) is 71.5 Å². The van der Waals surface area contributed by atoms with E-state index in [1.807, 2.05) is 32.9 Å². The van der Waals surface area contributed by atoms with Crippen LogP contribution in [0.2, 0.25) is 5.02 Å². The van der Waals surface area contributed by atoms with Gasteiger partial charge in [0, 0.05) is 23.8 Å². The number of allylic oxidation sites excluding steroid dienone is 4. The lowest BCUT2D eigenvalue weighted by atomic mass is 9.96. The van der Waals surface area contributed by atoms with Gasteiger partial charge in [0.15, 0.2) is 17.3 Å². The quantitative estimate of drug-likeness (QED) is 0.105. The number of Topliss-reactive ketones (excluding diaryl/α,β-unsaturated/α-hetero) is 1. The van der Waals surface area contributed by atoms with Gasteiger partial charge < -0.3 is 20.5 Å². The van der Waals surface area contributed by atoms with E-state index in [4.69, 9.17) is 26.3 Å². The van der Waals surface area contributed by atoms with E-state index in [1.54, 1.807) is 19.9 Å². The molecule has 1 aliphatic heterocycles. The van der Waals surface area contributed by atoms with Crippen LogP contribution in [-0.2, 0) is 16.0 Å². The van der Waals surface area contributed by atoms with Crippen molar-refractivity contribution >= 4 is 40.4 Å². The van der Waals surface area contributed by atoms with Crippen LogP contribution >= 0.6 is 11.6 Å². The van der Waals surface area contributed by atoms with E-state index in [1.165, 1.54) is 12.1 Å². The molecule has 2 heterocycles. The molecule has 5 atom stereocenters. The zero-order chi connectivity index (χ0) is 32.5. The van der Waals surface area contributed by atoms with Crippen molar-refractivity contribution < 1.29 is 23.4 Å². The van der Waals surface area contributed by atoms with Crippen LogP contribution in [-0.4, -0.2) is 40.1 Å². The number of ether oxygens (including phenoxy) is 1. The van der Waals surface area contributed by atoms with Crippen molar-refractivity contribution in [3.05, 3.63) is 69.3 Å². The molecule has 2 aromatic rings. The van der Waals surface area contributed by atoms with Gasteiger partial charge in [0.2, 0.25) is 0 Å². The number of benzene rings is 1. The second-order valence-electron chi connectivity index (χ2n) is 12.4. The number of fused-ring (bicyclic) bond motifs is 2. The van der Waals surface area contributed by atoms with Crippen LogP contribution < -0.4 is 10.6 Å². The van der Waals surface area contributed by atoms with Crippen LogP contribution in [0.3, 0.4) is 0 Å². The first-order valence-corrected chi connectivity index (χ1v) is 16.4. The third kappa shape index (κ3) is 6.71. The zero-order valence-corrected chi connectivity index (χ0v) is 27.4. The first-order chi connectivity index (χ1) is 21.5. The van der Waals surface area contributed by atoms with Gasteiger partial charge in [-0.25, -0.2) is 18.8 Å². The molecule has 1 aromatic carbocycles. The molecule has 45 heavy (non-hydrogen) atoms. The number of nitrogens with one attached hydrogen (secondary N) is 2. The predicted molar refractivity (Wildman–Crippen MR) is 176 cm³/mol. The summed E-state index contributed by atoms with van der Waals surface area (Å²) in [5.74, 6) is -0.504. The number of aliphatic imine (C=N–C) groups is 1. The molecule has 10 heteroatoms. The number of nitrogens with zero attached hydrogens (tertiary/aromatic N) is 2. The number of aromatic nitrogens is 1. The topological polar surface area (TPSA) is 95.8 Å². The summed E-state index contributed by atoms with van der Waals surface area (Å²) in [6.07, 6.45) is 7.38. The molecule has 3 aliphatic rings. The van der Waals surface area contributed by atoms with Gasteiger partial charge in [0.05, 0.1) is 23.8 Å². The molecule has 1 saturated carbocycles. The number of aliphatic hydroxyl groups excluding tert-OH is 1. The fourth-order valence-corrected chi connectivity index (χ4v) is 6.96. The number of hydrogen-bond acceptors (Lipinski definition) is 6. The molecule has 2 aliphatic carbocycles. The van der Waals surface area contributed by atoms with Crippen LogP contribution in [0, 0.1) is 24.6 Å². The Bertz CT molecular complexity index is 1560. The fraction of sp³-hybridized carbons (Fsp3) is 0.514. The Labute approximate surface area is 269 Å². The number of rotatable bonds is 10. The van der Waals surface area contributed by atoms with Crippen molar-refractivity contribution in [1.82, 2.24) is 4.98 Å². The fourth-order valence-electron chi connectivity index (χ4n) is 6.70. The highest BCUT2D eigenvalue weighted by Crippen LogP contribution is 2.47. The Morgan fingerprint density at radius 2 is 2.07 bits per heavy atom. The van der Waals surface area contributed by atoms with E-state index in [2.05, 4.69) is 10.6 Å². The Balaban J connectivity index is 1.37. The van der Waals surface area contributed by atoms with Gasteiger partial charge in [-0.1, -0.05) is 44.5 Å². The van der Waals surface area contributed by atoms with Gasteiger partial charge >= 0.3 is 0 Å². The monoisotopic (exact) mass is 640 g/mol. The summed E-state index contributed by atoms with van der Waals surface area (Å²) in [5, 5.41) is 17.5. The highest BCUT2D eigenvalue weighted by molar-refractivity contribution is 6.33. The van der Waals surface area contributed by atoms with E-state index < -0.39 is 35.2 Å². The molecule has 0 radical (unpaired) electrons. The minimum atomic E-state index is -0.824. The molecular formula is C35H43ClF2N4O3. The molecule has 0 amide bonds. The number of hydrogen-bond donors (Lipinski definition) is 3. The first kappa shape index (κ1) is 33.2. The molecule has 242 valence electrons. The lowest BCUT2D eigenvalue weighted by molar-refractivity contribution is -0.120. The van der Waals surface area contributed by atoms with Gasteiger partial charge in [-0.3, -0.25) is 4.79 Å². The van der Waals surface area contributed by atoms with Crippen LogP contribution in [0.5, 0.6) is 0 Å².